The second kappa shape index (κ2) is 7.40. The summed E-state index contributed by atoms with van der Waals surface area (Å²) < 4.78 is 11.3. The molecule has 0 aliphatic carbocycles. The molecule has 0 aromatic heterocycles. The van der Waals surface area contributed by atoms with Gasteiger partial charge in [0, 0.05) is 7.05 Å². The van der Waals surface area contributed by atoms with Gasteiger partial charge in [0.2, 0.25) is 0 Å². The molecule has 0 saturated carbocycles. The summed E-state index contributed by atoms with van der Waals surface area (Å²) in [6.07, 6.45) is 0. The highest BCUT2D eigenvalue weighted by Gasteiger charge is 2.04. The fourth-order valence-corrected chi connectivity index (χ4v) is 1.94. The minimum absolute atomic E-state index is 0.385. The van der Waals surface area contributed by atoms with Crippen LogP contribution in [0.25, 0.3) is 0 Å². The van der Waals surface area contributed by atoms with Gasteiger partial charge in [-0.25, -0.2) is 0 Å². The Morgan fingerprint density at radius 3 is 2.38 bits per heavy atom. The molecule has 5 nitrogen and oxygen atoms in total. The molecule has 0 radical (unpaired) electrons. The molecule has 112 valence electrons. The normalized spacial score (nSPS) is 10.0. The monoisotopic (exact) mass is 288 g/mol. The third kappa shape index (κ3) is 4.03. The maximum Gasteiger partial charge on any atom is 0.145 e. The number of ether oxygens (including phenoxy) is 2. The van der Waals surface area contributed by atoms with E-state index in [4.69, 9.17) is 14.7 Å². The minimum atomic E-state index is 0.385. The summed E-state index contributed by atoms with van der Waals surface area (Å²) >= 11 is 0. The van der Waals surface area contributed by atoms with Gasteiger partial charge in [0.25, 0.3) is 0 Å². The van der Waals surface area contributed by atoms with E-state index in [2.05, 4.69) is 10.8 Å². The second-order valence-corrected chi connectivity index (χ2v) is 4.55. The minimum Gasteiger partial charge on any atom is -0.488 e. The van der Waals surface area contributed by atoms with Gasteiger partial charge < -0.3 is 14.8 Å². The summed E-state index contributed by atoms with van der Waals surface area (Å²) in [6, 6.07) is 13.2. The van der Waals surface area contributed by atoms with E-state index < -0.39 is 0 Å². The summed E-state index contributed by atoms with van der Waals surface area (Å²) in [7, 11) is 1.85. The molecule has 21 heavy (non-hydrogen) atoms. The van der Waals surface area contributed by atoms with Gasteiger partial charge in [-0.15, -0.1) is 0 Å². The average molecular weight is 288 g/mol. The lowest BCUT2D eigenvalue weighted by atomic mass is 10.2. The molecule has 0 spiro atoms. The molecule has 2 aromatic rings. The molecule has 0 heterocycles. The summed E-state index contributed by atoms with van der Waals surface area (Å²) in [5.41, 5.74) is 4.66. The standard InChI is InChI=1S/C16H20N2O3/c1-12-7-8-14(18-19)16(11-12)21-10-9-20-15-6-4-3-5-13(15)17-2/h3-8,11,17-19H,9-10H2,1-2H3. The van der Waals surface area contributed by atoms with Crippen LogP contribution in [0, 0.1) is 6.92 Å². The quantitative estimate of drug-likeness (QED) is 0.539. The van der Waals surface area contributed by atoms with Gasteiger partial charge >= 0.3 is 0 Å². The van der Waals surface area contributed by atoms with E-state index in [0.29, 0.717) is 24.7 Å². The van der Waals surface area contributed by atoms with Gasteiger partial charge in [-0.3, -0.25) is 10.7 Å². The first kappa shape index (κ1) is 15.0. The Balaban J connectivity index is 1.89. The van der Waals surface area contributed by atoms with Gasteiger partial charge in [0.15, 0.2) is 0 Å². The van der Waals surface area contributed by atoms with Crippen molar-refractivity contribution in [3.05, 3.63) is 48.0 Å². The van der Waals surface area contributed by atoms with Crippen molar-refractivity contribution in [2.75, 3.05) is 31.1 Å². The molecule has 2 rings (SSSR count). The third-order valence-corrected chi connectivity index (χ3v) is 3.01. The number of benzene rings is 2. The zero-order valence-electron chi connectivity index (χ0n) is 12.2. The number of hydrogen-bond acceptors (Lipinski definition) is 5. The lowest BCUT2D eigenvalue weighted by Crippen LogP contribution is -2.11. The molecule has 3 N–H and O–H groups in total. The molecular weight excluding hydrogens is 268 g/mol. The van der Waals surface area contributed by atoms with Crippen LogP contribution < -0.4 is 20.3 Å². The van der Waals surface area contributed by atoms with Crippen molar-refractivity contribution >= 4 is 11.4 Å². The third-order valence-electron chi connectivity index (χ3n) is 3.01. The molecule has 0 bridgehead atoms. The van der Waals surface area contributed by atoms with Crippen LogP contribution in [-0.2, 0) is 0 Å². The number of rotatable bonds is 7. The van der Waals surface area contributed by atoms with Crippen LogP contribution in [0.1, 0.15) is 5.56 Å². The van der Waals surface area contributed by atoms with Crippen molar-refractivity contribution in [3.63, 3.8) is 0 Å². The zero-order valence-corrected chi connectivity index (χ0v) is 12.2. The Kier molecular flexibility index (Phi) is 5.29. The van der Waals surface area contributed by atoms with E-state index in [0.717, 1.165) is 17.0 Å². The molecule has 5 heteroatoms. The van der Waals surface area contributed by atoms with E-state index >= 15 is 0 Å². The second-order valence-electron chi connectivity index (χ2n) is 4.55. The number of aryl methyl sites for hydroxylation is 1. The first-order valence-corrected chi connectivity index (χ1v) is 6.77. The lowest BCUT2D eigenvalue weighted by molar-refractivity contribution is 0.217. The SMILES string of the molecule is CNc1ccccc1OCCOc1cc(C)ccc1NO. The van der Waals surface area contributed by atoms with Crippen molar-refractivity contribution in [3.8, 4) is 11.5 Å². The molecule has 2 aromatic carbocycles. The van der Waals surface area contributed by atoms with Crippen molar-refractivity contribution < 1.29 is 14.7 Å². The topological polar surface area (TPSA) is 62.8 Å². The number of para-hydroxylation sites is 2. The maximum absolute atomic E-state index is 9.04. The van der Waals surface area contributed by atoms with E-state index in [1.807, 2.05) is 50.4 Å². The largest absolute Gasteiger partial charge is 0.488 e. The predicted octanol–water partition coefficient (Wildman–Crippen LogP) is 3.30. The fourth-order valence-electron chi connectivity index (χ4n) is 1.94. The van der Waals surface area contributed by atoms with Crippen LogP contribution in [0.15, 0.2) is 42.5 Å². The van der Waals surface area contributed by atoms with Crippen molar-refractivity contribution in [2.45, 2.75) is 6.92 Å². The van der Waals surface area contributed by atoms with E-state index in [1.165, 1.54) is 0 Å². The molecule has 0 saturated heterocycles. The molecule has 0 unspecified atom stereocenters. The van der Waals surface area contributed by atoms with Gasteiger partial charge in [0.1, 0.15) is 30.4 Å². The van der Waals surface area contributed by atoms with Crippen LogP contribution in [-0.4, -0.2) is 25.5 Å². The number of anilines is 2. The van der Waals surface area contributed by atoms with Gasteiger partial charge in [-0.2, -0.15) is 0 Å². The van der Waals surface area contributed by atoms with Crippen LogP contribution >= 0.6 is 0 Å². The van der Waals surface area contributed by atoms with Crippen LogP contribution in [0.2, 0.25) is 0 Å². The van der Waals surface area contributed by atoms with E-state index in [9.17, 15) is 0 Å². The van der Waals surface area contributed by atoms with Crippen LogP contribution in [0.3, 0.4) is 0 Å². The molecule has 0 fully saturated rings. The van der Waals surface area contributed by atoms with Crippen molar-refractivity contribution in [1.82, 2.24) is 0 Å². The van der Waals surface area contributed by atoms with Gasteiger partial charge in [0.05, 0.1) is 5.69 Å². The lowest BCUT2D eigenvalue weighted by Gasteiger charge is -2.13. The van der Waals surface area contributed by atoms with Crippen LogP contribution in [0.5, 0.6) is 11.5 Å². The number of nitrogens with one attached hydrogen (secondary N) is 2. The Bertz CT molecular complexity index is 587. The van der Waals surface area contributed by atoms with Crippen molar-refractivity contribution in [1.29, 1.82) is 0 Å². The first-order chi connectivity index (χ1) is 10.2. The Morgan fingerprint density at radius 1 is 0.952 bits per heavy atom. The van der Waals surface area contributed by atoms with Crippen LogP contribution in [0.4, 0.5) is 11.4 Å². The Labute approximate surface area is 124 Å². The Hall–Kier alpha value is -2.40. The van der Waals surface area contributed by atoms with E-state index in [-0.39, 0.29) is 0 Å². The fraction of sp³-hybridized carbons (Fsp3) is 0.250. The summed E-state index contributed by atoms with van der Waals surface area (Å²) in [4.78, 5) is 0. The molecule has 0 aliphatic rings. The molecule has 0 aliphatic heterocycles. The molecule has 0 amide bonds. The van der Waals surface area contributed by atoms with Gasteiger partial charge in [-0.05, 0) is 36.8 Å². The summed E-state index contributed by atoms with van der Waals surface area (Å²) in [5.74, 6) is 1.39. The summed E-state index contributed by atoms with van der Waals surface area (Å²) in [5, 5.41) is 12.1. The average Bonchev–Trinajstić information content (AvgIpc) is 2.52. The first-order valence-electron chi connectivity index (χ1n) is 6.77. The maximum atomic E-state index is 9.04. The molecule has 0 atom stereocenters. The highest BCUT2D eigenvalue weighted by molar-refractivity contribution is 5.56. The summed E-state index contributed by atoms with van der Waals surface area (Å²) in [6.45, 7) is 2.77. The van der Waals surface area contributed by atoms with Gasteiger partial charge in [-0.1, -0.05) is 18.2 Å². The van der Waals surface area contributed by atoms with E-state index in [1.54, 1.807) is 6.07 Å². The smallest absolute Gasteiger partial charge is 0.145 e. The highest BCUT2D eigenvalue weighted by atomic mass is 16.5. The zero-order chi connectivity index (χ0) is 15.1. The predicted molar refractivity (Wildman–Crippen MR) is 83.6 cm³/mol. The molecular formula is C16H20N2O3. The highest BCUT2D eigenvalue weighted by Crippen LogP contribution is 2.25. The number of hydrogen-bond donors (Lipinski definition) is 3. The van der Waals surface area contributed by atoms with Crippen molar-refractivity contribution in [2.24, 2.45) is 0 Å². The Morgan fingerprint density at radius 2 is 1.67 bits per heavy atom.